The monoisotopic (exact) mass is 510 g/mol. The van der Waals surface area contributed by atoms with Gasteiger partial charge in [-0.2, -0.15) is 0 Å². The first kappa shape index (κ1) is 30.6. The van der Waals surface area contributed by atoms with Crippen molar-refractivity contribution in [3.05, 3.63) is 12.3 Å². The minimum atomic E-state index is -1.22. The molecule has 0 aliphatic carbocycles. The molecule has 0 saturated carbocycles. The van der Waals surface area contributed by atoms with Gasteiger partial charge in [0.25, 0.3) is 5.91 Å². The zero-order chi connectivity index (χ0) is 27.6. The molecular formula is C23H38N6O7. The number of hydrogen-bond donors (Lipinski definition) is 6. The van der Waals surface area contributed by atoms with Crippen molar-refractivity contribution in [3.63, 3.8) is 0 Å². The molecule has 1 aliphatic heterocycles. The lowest BCUT2D eigenvalue weighted by molar-refractivity contribution is -0.138. The summed E-state index contributed by atoms with van der Waals surface area (Å²) in [4.78, 5) is 74.1. The van der Waals surface area contributed by atoms with E-state index in [1.54, 1.807) is 13.8 Å². The first-order chi connectivity index (χ1) is 16.7. The van der Waals surface area contributed by atoms with E-state index < -0.39 is 66.7 Å². The number of nitrogens with two attached hydrogens (primary N) is 1. The summed E-state index contributed by atoms with van der Waals surface area (Å²) in [5, 5.41) is 18.2. The standard InChI is InChI=1S/C23H38N6O7/c1-12(2)9-15(24)20(33)27-14(5)23(36)29-8-6-7-16(29)21(34)25-10-17(30)28-19(13(3)4)22(35)26-11-18(31)32/h12-13,15-16,19H,5-11,24H2,1-4H3,(H,25,34)(H,26,35)(H,27,33)(H,28,30)(H,31,32)/t15-,16-,19-/m0/s1. The second kappa shape index (κ2) is 14.2. The maximum Gasteiger partial charge on any atom is 0.322 e. The van der Waals surface area contributed by atoms with Crippen LogP contribution in [0.15, 0.2) is 12.3 Å². The number of likely N-dealkylation sites (tertiary alicyclic amines) is 1. The molecule has 5 amide bonds. The minimum Gasteiger partial charge on any atom is -0.480 e. The highest BCUT2D eigenvalue weighted by Gasteiger charge is 2.36. The summed E-state index contributed by atoms with van der Waals surface area (Å²) < 4.78 is 0. The third kappa shape index (κ3) is 9.64. The Morgan fingerprint density at radius 1 is 1.03 bits per heavy atom. The molecule has 0 aromatic rings. The van der Waals surface area contributed by atoms with Gasteiger partial charge in [-0.15, -0.1) is 0 Å². The number of aliphatic carboxylic acids is 1. The first-order valence-corrected chi connectivity index (χ1v) is 11.9. The van der Waals surface area contributed by atoms with Crippen LogP contribution in [0.4, 0.5) is 0 Å². The summed E-state index contributed by atoms with van der Waals surface area (Å²) in [6.45, 7) is 10.0. The molecule has 1 saturated heterocycles. The molecule has 0 aromatic carbocycles. The molecule has 3 atom stereocenters. The minimum absolute atomic E-state index is 0.188. The van der Waals surface area contributed by atoms with E-state index in [-0.39, 0.29) is 24.1 Å². The van der Waals surface area contributed by atoms with Crippen LogP contribution >= 0.6 is 0 Å². The first-order valence-electron chi connectivity index (χ1n) is 11.9. The van der Waals surface area contributed by atoms with Crippen LogP contribution in [0.2, 0.25) is 0 Å². The van der Waals surface area contributed by atoms with Gasteiger partial charge in [0.05, 0.1) is 18.3 Å². The van der Waals surface area contributed by atoms with Crippen LogP contribution in [-0.4, -0.2) is 83.3 Å². The fraction of sp³-hybridized carbons (Fsp3) is 0.652. The van der Waals surface area contributed by atoms with E-state index in [0.717, 1.165) is 0 Å². The Hall–Kier alpha value is -3.48. The number of amides is 5. The third-order valence-electron chi connectivity index (χ3n) is 5.51. The topological polar surface area (TPSA) is 200 Å². The number of rotatable bonds is 13. The Kier molecular flexibility index (Phi) is 12.0. The molecule has 0 radical (unpaired) electrons. The number of carbonyl (C=O) groups is 6. The Bertz CT molecular complexity index is 873. The fourth-order valence-corrected chi connectivity index (χ4v) is 3.68. The Morgan fingerprint density at radius 3 is 2.22 bits per heavy atom. The lowest BCUT2D eigenvalue weighted by atomic mass is 10.0. The SMILES string of the molecule is C=C(NC(=O)[C@@H](N)CC(C)C)C(=O)N1CCC[C@H]1C(=O)NCC(=O)N[C@H](C(=O)NCC(=O)O)C(C)C. The lowest BCUT2D eigenvalue weighted by Gasteiger charge is -2.25. The normalized spacial score (nSPS) is 16.8. The Morgan fingerprint density at radius 2 is 1.67 bits per heavy atom. The van der Waals surface area contributed by atoms with E-state index in [4.69, 9.17) is 10.8 Å². The van der Waals surface area contributed by atoms with Crippen molar-refractivity contribution in [3.8, 4) is 0 Å². The average Bonchev–Trinajstić information content (AvgIpc) is 3.28. The second-order valence-electron chi connectivity index (χ2n) is 9.48. The molecule has 0 bridgehead atoms. The molecule has 7 N–H and O–H groups in total. The highest BCUT2D eigenvalue weighted by molar-refractivity contribution is 6.00. The summed E-state index contributed by atoms with van der Waals surface area (Å²) in [5.74, 6) is -4.40. The molecule has 13 nitrogen and oxygen atoms in total. The zero-order valence-electron chi connectivity index (χ0n) is 21.3. The van der Waals surface area contributed by atoms with Crippen molar-refractivity contribution in [1.82, 2.24) is 26.2 Å². The van der Waals surface area contributed by atoms with Crippen molar-refractivity contribution in [2.75, 3.05) is 19.6 Å². The van der Waals surface area contributed by atoms with Crippen LogP contribution in [-0.2, 0) is 28.8 Å². The summed E-state index contributed by atoms with van der Waals surface area (Å²) in [6.07, 6.45) is 1.34. The quantitative estimate of drug-likeness (QED) is 0.160. The van der Waals surface area contributed by atoms with Crippen molar-refractivity contribution < 1.29 is 33.9 Å². The van der Waals surface area contributed by atoms with Gasteiger partial charge in [-0.25, -0.2) is 0 Å². The van der Waals surface area contributed by atoms with Gasteiger partial charge < -0.3 is 37.0 Å². The number of hydrogen-bond acceptors (Lipinski definition) is 7. The predicted molar refractivity (Wildman–Crippen MR) is 130 cm³/mol. The number of nitrogens with zero attached hydrogens (tertiary/aromatic N) is 1. The molecule has 0 unspecified atom stereocenters. The van der Waals surface area contributed by atoms with Crippen LogP contribution in [0.5, 0.6) is 0 Å². The van der Waals surface area contributed by atoms with E-state index in [2.05, 4.69) is 27.8 Å². The summed E-state index contributed by atoms with van der Waals surface area (Å²) in [5.41, 5.74) is 5.64. The molecule has 36 heavy (non-hydrogen) atoms. The molecule has 0 spiro atoms. The van der Waals surface area contributed by atoms with Crippen molar-refractivity contribution in [2.45, 2.75) is 65.1 Å². The molecule has 1 aliphatic rings. The van der Waals surface area contributed by atoms with Crippen molar-refractivity contribution in [2.24, 2.45) is 17.6 Å². The summed E-state index contributed by atoms with van der Waals surface area (Å²) >= 11 is 0. The smallest absolute Gasteiger partial charge is 0.322 e. The van der Waals surface area contributed by atoms with Crippen LogP contribution < -0.4 is 27.0 Å². The number of carbonyl (C=O) groups excluding carboxylic acids is 5. The van der Waals surface area contributed by atoms with Crippen LogP contribution in [0.3, 0.4) is 0 Å². The van der Waals surface area contributed by atoms with Crippen LogP contribution in [0.25, 0.3) is 0 Å². The van der Waals surface area contributed by atoms with E-state index in [1.165, 1.54) is 4.90 Å². The maximum atomic E-state index is 12.8. The maximum absolute atomic E-state index is 12.8. The zero-order valence-corrected chi connectivity index (χ0v) is 21.3. The van der Waals surface area contributed by atoms with Gasteiger partial charge in [-0.05, 0) is 31.1 Å². The van der Waals surface area contributed by atoms with Crippen molar-refractivity contribution in [1.29, 1.82) is 0 Å². The van der Waals surface area contributed by atoms with E-state index in [0.29, 0.717) is 19.3 Å². The fourth-order valence-electron chi connectivity index (χ4n) is 3.68. The van der Waals surface area contributed by atoms with E-state index >= 15 is 0 Å². The predicted octanol–water partition coefficient (Wildman–Crippen LogP) is -1.56. The number of carboxylic acids is 1. The van der Waals surface area contributed by atoms with Crippen LogP contribution in [0, 0.1) is 11.8 Å². The molecular weight excluding hydrogens is 472 g/mol. The third-order valence-corrected chi connectivity index (χ3v) is 5.51. The highest BCUT2D eigenvalue weighted by atomic mass is 16.4. The van der Waals surface area contributed by atoms with Gasteiger partial charge in [0, 0.05) is 6.54 Å². The number of nitrogens with one attached hydrogen (secondary N) is 4. The Balaban J connectivity index is 2.65. The van der Waals surface area contributed by atoms with Gasteiger partial charge in [0.2, 0.25) is 23.6 Å². The molecule has 1 rings (SSSR count). The summed E-state index contributed by atoms with van der Waals surface area (Å²) in [6, 6.07) is -2.65. The second-order valence-corrected chi connectivity index (χ2v) is 9.48. The van der Waals surface area contributed by atoms with Crippen molar-refractivity contribution >= 4 is 35.5 Å². The lowest BCUT2D eigenvalue weighted by Crippen LogP contribution is -2.54. The van der Waals surface area contributed by atoms with Gasteiger partial charge >= 0.3 is 5.97 Å². The number of carboxylic acid groups (broad SMARTS) is 1. The van der Waals surface area contributed by atoms with Gasteiger partial charge in [-0.3, -0.25) is 28.8 Å². The summed E-state index contributed by atoms with van der Waals surface area (Å²) in [7, 11) is 0. The molecule has 1 fully saturated rings. The van der Waals surface area contributed by atoms with Gasteiger partial charge in [0.15, 0.2) is 0 Å². The molecule has 0 aromatic heterocycles. The average molecular weight is 511 g/mol. The van der Waals surface area contributed by atoms with E-state index in [9.17, 15) is 28.8 Å². The Labute approximate surface area is 210 Å². The molecule has 13 heteroatoms. The largest absolute Gasteiger partial charge is 0.480 e. The molecule has 202 valence electrons. The van der Waals surface area contributed by atoms with Gasteiger partial charge in [-0.1, -0.05) is 34.3 Å². The van der Waals surface area contributed by atoms with Crippen LogP contribution in [0.1, 0.15) is 47.0 Å². The van der Waals surface area contributed by atoms with E-state index in [1.807, 2.05) is 13.8 Å². The molecule has 1 heterocycles. The van der Waals surface area contributed by atoms with Gasteiger partial charge in [0.1, 0.15) is 18.6 Å². The highest BCUT2D eigenvalue weighted by Crippen LogP contribution is 2.19.